The fourth-order valence-corrected chi connectivity index (χ4v) is 1.91. The van der Waals surface area contributed by atoms with Gasteiger partial charge >= 0.3 is 0 Å². The average molecular weight is 240 g/mol. The number of hydrogen-bond donors (Lipinski definition) is 2. The second kappa shape index (κ2) is 3.90. The second-order valence-corrected chi connectivity index (χ2v) is 6.48. The first kappa shape index (κ1) is 13.8. The van der Waals surface area contributed by atoms with Gasteiger partial charge in [-0.2, -0.15) is 0 Å². The Balaban J connectivity index is 3.60. The van der Waals surface area contributed by atoms with E-state index in [1.54, 1.807) is 20.8 Å². The van der Waals surface area contributed by atoms with E-state index in [0.29, 0.717) is 5.56 Å². The molecule has 1 aromatic rings. The first-order chi connectivity index (χ1) is 7.46. The van der Waals surface area contributed by atoms with Gasteiger partial charge in [-0.25, -0.2) is 4.39 Å². The Hall–Kier alpha value is -1.25. The maximum Gasteiger partial charge on any atom is 0.164 e. The van der Waals surface area contributed by atoms with E-state index in [9.17, 15) is 14.6 Å². The van der Waals surface area contributed by atoms with Crippen LogP contribution in [0.25, 0.3) is 0 Å². The topological polar surface area (TPSA) is 40.5 Å². The molecule has 0 bridgehead atoms. The number of hydrogen-bond acceptors (Lipinski definition) is 2. The zero-order valence-corrected chi connectivity index (χ0v) is 11.3. The van der Waals surface area contributed by atoms with E-state index < -0.39 is 16.6 Å². The van der Waals surface area contributed by atoms with Crippen molar-refractivity contribution in [2.45, 2.75) is 52.4 Å². The number of benzene rings is 1. The fourth-order valence-electron chi connectivity index (χ4n) is 1.91. The first-order valence-electron chi connectivity index (χ1n) is 5.71. The van der Waals surface area contributed by atoms with Crippen molar-refractivity contribution in [2.75, 3.05) is 0 Å². The highest BCUT2D eigenvalue weighted by atomic mass is 19.1. The molecular weight excluding hydrogens is 219 g/mol. The van der Waals surface area contributed by atoms with E-state index in [0.717, 1.165) is 0 Å². The summed E-state index contributed by atoms with van der Waals surface area (Å²) in [6.07, 6.45) is 0. The molecule has 3 heteroatoms. The third kappa shape index (κ3) is 2.54. The molecule has 1 aromatic carbocycles. The van der Waals surface area contributed by atoms with Crippen molar-refractivity contribution in [2.24, 2.45) is 0 Å². The largest absolute Gasteiger partial charge is 0.504 e. The molecule has 0 saturated heterocycles. The number of rotatable bonds is 0. The summed E-state index contributed by atoms with van der Waals surface area (Å²) in [7, 11) is 0. The van der Waals surface area contributed by atoms with Crippen LogP contribution in [0.5, 0.6) is 11.5 Å². The van der Waals surface area contributed by atoms with Crippen LogP contribution in [-0.4, -0.2) is 10.2 Å². The minimum Gasteiger partial charge on any atom is -0.504 e. The van der Waals surface area contributed by atoms with Crippen LogP contribution >= 0.6 is 0 Å². The smallest absolute Gasteiger partial charge is 0.164 e. The summed E-state index contributed by atoms with van der Waals surface area (Å²) in [6.45, 7) is 11.0. The Morgan fingerprint density at radius 3 is 1.71 bits per heavy atom. The lowest BCUT2D eigenvalue weighted by molar-refractivity contribution is 0.366. The van der Waals surface area contributed by atoms with Crippen molar-refractivity contribution in [3.8, 4) is 11.5 Å². The quantitative estimate of drug-likeness (QED) is 0.676. The molecule has 0 heterocycles. The van der Waals surface area contributed by atoms with Crippen molar-refractivity contribution < 1.29 is 14.6 Å². The molecular formula is C14H21FO2. The van der Waals surface area contributed by atoms with E-state index in [1.165, 1.54) is 6.07 Å². The predicted molar refractivity (Wildman–Crippen MR) is 67.1 cm³/mol. The maximum atomic E-state index is 14.0. The van der Waals surface area contributed by atoms with E-state index in [1.807, 2.05) is 20.8 Å². The first-order valence-corrected chi connectivity index (χ1v) is 5.71. The molecule has 0 aliphatic carbocycles. The summed E-state index contributed by atoms with van der Waals surface area (Å²) in [5, 5.41) is 20.0. The molecule has 96 valence electrons. The zero-order valence-electron chi connectivity index (χ0n) is 11.3. The molecule has 2 N–H and O–H groups in total. The van der Waals surface area contributed by atoms with Gasteiger partial charge in [-0.1, -0.05) is 41.5 Å². The minimum atomic E-state index is -0.554. The molecule has 1 rings (SSSR count). The van der Waals surface area contributed by atoms with Gasteiger partial charge in [0.2, 0.25) is 0 Å². The number of phenols is 2. The van der Waals surface area contributed by atoms with Gasteiger partial charge in [0.05, 0.1) is 0 Å². The average Bonchev–Trinajstić information content (AvgIpc) is 2.07. The highest BCUT2D eigenvalue weighted by Crippen LogP contribution is 2.44. The summed E-state index contributed by atoms with van der Waals surface area (Å²) in [4.78, 5) is 0. The molecule has 2 nitrogen and oxygen atoms in total. The molecule has 17 heavy (non-hydrogen) atoms. The fraction of sp³-hybridized carbons (Fsp3) is 0.571. The van der Waals surface area contributed by atoms with Crippen molar-refractivity contribution in [1.29, 1.82) is 0 Å². The van der Waals surface area contributed by atoms with Gasteiger partial charge in [-0.05, 0) is 16.9 Å². The predicted octanol–water partition coefficient (Wildman–Crippen LogP) is 3.83. The third-order valence-corrected chi connectivity index (χ3v) is 2.78. The Labute approximate surface area is 102 Å². The normalized spacial score (nSPS) is 12.9. The van der Waals surface area contributed by atoms with Gasteiger partial charge < -0.3 is 10.2 Å². The van der Waals surface area contributed by atoms with Crippen molar-refractivity contribution in [3.05, 3.63) is 23.0 Å². The van der Waals surface area contributed by atoms with Crippen LogP contribution in [0.1, 0.15) is 52.7 Å². The SMILES string of the molecule is CC(C)(C)c1cc(F)c(C(C)(C)C)c(O)c1O. The molecule has 0 aliphatic rings. The van der Waals surface area contributed by atoms with Crippen LogP contribution in [0.2, 0.25) is 0 Å². The Morgan fingerprint density at radius 2 is 1.35 bits per heavy atom. The van der Waals surface area contributed by atoms with Crippen LogP contribution in [0.4, 0.5) is 4.39 Å². The molecule has 0 saturated carbocycles. The molecule has 0 spiro atoms. The maximum absolute atomic E-state index is 14.0. The van der Waals surface area contributed by atoms with Crippen molar-refractivity contribution >= 4 is 0 Å². The summed E-state index contributed by atoms with van der Waals surface area (Å²) >= 11 is 0. The van der Waals surface area contributed by atoms with Crippen LogP contribution in [0.15, 0.2) is 6.07 Å². The Bertz CT molecular complexity index is 437. The summed E-state index contributed by atoms with van der Waals surface area (Å²) in [6, 6.07) is 1.32. The zero-order chi connectivity index (χ0) is 13.6. The number of phenolic OH excluding ortho intramolecular Hbond substituents is 2. The van der Waals surface area contributed by atoms with Gasteiger partial charge in [-0.15, -0.1) is 0 Å². The molecule has 0 aromatic heterocycles. The van der Waals surface area contributed by atoms with Gasteiger partial charge in [0.1, 0.15) is 5.82 Å². The van der Waals surface area contributed by atoms with Crippen molar-refractivity contribution in [1.82, 2.24) is 0 Å². The van der Waals surface area contributed by atoms with E-state index in [4.69, 9.17) is 0 Å². The summed E-state index contributed by atoms with van der Waals surface area (Å²) in [5.41, 5.74) is -0.399. The number of halogens is 1. The molecule has 0 radical (unpaired) electrons. The van der Waals surface area contributed by atoms with Gasteiger partial charge in [0, 0.05) is 11.1 Å². The monoisotopic (exact) mass is 240 g/mol. The lowest BCUT2D eigenvalue weighted by Crippen LogP contribution is -2.17. The molecule has 0 atom stereocenters. The summed E-state index contributed by atoms with van der Waals surface area (Å²) < 4.78 is 14.0. The van der Waals surface area contributed by atoms with Crippen LogP contribution in [0.3, 0.4) is 0 Å². The van der Waals surface area contributed by atoms with Gasteiger partial charge in [0.25, 0.3) is 0 Å². The van der Waals surface area contributed by atoms with Crippen molar-refractivity contribution in [3.63, 3.8) is 0 Å². The lowest BCUT2D eigenvalue weighted by atomic mass is 9.80. The van der Waals surface area contributed by atoms with Gasteiger partial charge in [0.15, 0.2) is 11.5 Å². The Morgan fingerprint density at radius 1 is 0.882 bits per heavy atom. The van der Waals surface area contributed by atoms with E-state index in [-0.39, 0.29) is 17.1 Å². The molecule has 0 aliphatic heterocycles. The second-order valence-electron chi connectivity index (χ2n) is 6.48. The minimum absolute atomic E-state index is 0.156. The van der Waals surface area contributed by atoms with Crippen LogP contribution < -0.4 is 0 Å². The molecule has 0 fully saturated rings. The van der Waals surface area contributed by atoms with Gasteiger partial charge in [-0.3, -0.25) is 0 Å². The highest BCUT2D eigenvalue weighted by molar-refractivity contribution is 5.55. The lowest BCUT2D eigenvalue weighted by Gasteiger charge is -2.26. The van der Waals surface area contributed by atoms with E-state index >= 15 is 0 Å². The molecule has 0 unspecified atom stereocenters. The van der Waals surface area contributed by atoms with Crippen LogP contribution in [0, 0.1) is 5.82 Å². The van der Waals surface area contributed by atoms with E-state index in [2.05, 4.69) is 0 Å². The summed E-state index contributed by atoms with van der Waals surface area (Å²) in [5.74, 6) is -1.04. The van der Waals surface area contributed by atoms with Crippen LogP contribution in [-0.2, 0) is 10.8 Å². The number of aromatic hydroxyl groups is 2. The molecule has 0 amide bonds. The standard InChI is InChI=1S/C14H21FO2/c1-13(2,3)8-7-9(15)10(14(4,5)6)12(17)11(8)16/h7,16-17H,1-6H3. The Kier molecular flexibility index (Phi) is 3.17. The third-order valence-electron chi connectivity index (χ3n) is 2.78. The highest BCUT2D eigenvalue weighted by Gasteiger charge is 2.30.